The van der Waals surface area contributed by atoms with Crippen molar-refractivity contribution in [1.82, 2.24) is 25.1 Å². The summed E-state index contributed by atoms with van der Waals surface area (Å²) in [6, 6.07) is 20.9. The summed E-state index contributed by atoms with van der Waals surface area (Å²) in [4.78, 5) is 45.6. The highest BCUT2D eigenvalue weighted by molar-refractivity contribution is 6.01. The molecule has 0 aliphatic carbocycles. The fraction of sp³-hybridized carbons (Fsp3) is 0.333. The van der Waals surface area contributed by atoms with E-state index in [2.05, 4.69) is 20.9 Å². The molecular weight excluding hydrogens is 580 g/mol. The number of nitrogens with zero attached hydrogens (tertiary/aromatic N) is 3. The monoisotopic (exact) mass is 624 g/mol. The third-order valence-corrected chi connectivity index (χ3v) is 7.15. The maximum atomic E-state index is 13.4. The molecule has 4 rings (SSSR count). The molecule has 0 aliphatic rings. The number of carbonyl (C=O) groups is 3. The number of hydrogen-bond acceptors (Lipinski definition) is 6. The lowest BCUT2D eigenvalue weighted by atomic mass is 9.87. The maximum Gasteiger partial charge on any atom is 0.251 e. The van der Waals surface area contributed by atoms with E-state index in [-0.39, 0.29) is 29.7 Å². The minimum Gasteiger partial charge on any atom is -0.492 e. The lowest BCUT2D eigenvalue weighted by Crippen LogP contribution is -2.45. The summed E-state index contributed by atoms with van der Waals surface area (Å²) in [5.41, 5.74) is 3.19. The highest BCUT2D eigenvalue weighted by Gasteiger charge is 2.27. The van der Waals surface area contributed by atoms with Crippen LogP contribution in [-0.2, 0) is 17.9 Å². The molecule has 10 heteroatoms. The number of nitrogens with one attached hydrogen (secondary N) is 3. The number of benzene rings is 3. The standard InChI is InChI=1S/C36H44N6O4/c1-36(2,3)22-32(35(45)39-30-13-9-26(10-14-30)24-42-18-17-37-25-42)40-34(44)29-8-6-7-27(21-29)23-38-33(43)28-11-15-31(16-12-28)46-20-19-41(4)5/h6-18,21,25,32H,19-20,22-24H2,1-5H3,(H,38,43)(H,39,45)(H,40,44)/t32-/m0/s1. The SMILES string of the molecule is CN(C)CCOc1ccc(C(=O)NCc2cccc(C(=O)N[C@@H](CC(C)(C)C)C(=O)Nc3ccc(Cn4ccnc4)cc3)c2)cc1. The summed E-state index contributed by atoms with van der Waals surface area (Å²) >= 11 is 0. The van der Waals surface area contributed by atoms with E-state index < -0.39 is 6.04 Å². The molecule has 0 saturated heterocycles. The topological polar surface area (TPSA) is 118 Å². The summed E-state index contributed by atoms with van der Waals surface area (Å²) in [6.07, 6.45) is 5.83. The lowest BCUT2D eigenvalue weighted by molar-refractivity contribution is -0.118. The zero-order chi connectivity index (χ0) is 33.1. The van der Waals surface area contributed by atoms with Gasteiger partial charge in [0.25, 0.3) is 11.8 Å². The molecule has 0 bridgehead atoms. The number of likely N-dealkylation sites (N-methyl/N-ethyl adjacent to an activating group) is 1. The van der Waals surface area contributed by atoms with Crippen molar-refractivity contribution in [3.8, 4) is 5.75 Å². The normalized spacial score (nSPS) is 12.0. The van der Waals surface area contributed by atoms with Gasteiger partial charge in [-0.3, -0.25) is 14.4 Å². The van der Waals surface area contributed by atoms with Gasteiger partial charge >= 0.3 is 0 Å². The Bertz CT molecular complexity index is 1580. The van der Waals surface area contributed by atoms with E-state index in [1.54, 1.807) is 55.0 Å². The second kappa shape index (κ2) is 15.9. The van der Waals surface area contributed by atoms with E-state index in [0.29, 0.717) is 42.1 Å². The van der Waals surface area contributed by atoms with Crippen LogP contribution in [0.3, 0.4) is 0 Å². The number of anilines is 1. The predicted molar refractivity (Wildman–Crippen MR) is 180 cm³/mol. The minimum absolute atomic E-state index is 0.216. The third-order valence-electron chi connectivity index (χ3n) is 7.15. The van der Waals surface area contributed by atoms with Gasteiger partial charge in [-0.05, 0) is 85.6 Å². The predicted octanol–water partition coefficient (Wildman–Crippen LogP) is 4.98. The summed E-state index contributed by atoms with van der Waals surface area (Å²) in [5.74, 6) is -0.178. The lowest BCUT2D eigenvalue weighted by Gasteiger charge is -2.26. The van der Waals surface area contributed by atoms with Gasteiger partial charge in [0, 0.05) is 48.8 Å². The summed E-state index contributed by atoms with van der Waals surface area (Å²) in [5, 5.41) is 8.79. The molecule has 3 N–H and O–H groups in total. The largest absolute Gasteiger partial charge is 0.492 e. The van der Waals surface area contributed by atoms with Crippen molar-refractivity contribution in [2.24, 2.45) is 5.41 Å². The average molecular weight is 625 g/mol. The van der Waals surface area contributed by atoms with E-state index in [9.17, 15) is 14.4 Å². The molecule has 3 aromatic carbocycles. The number of rotatable bonds is 14. The van der Waals surface area contributed by atoms with E-state index in [0.717, 1.165) is 17.7 Å². The van der Waals surface area contributed by atoms with E-state index in [1.165, 1.54) is 0 Å². The molecule has 1 atom stereocenters. The zero-order valence-electron chi connectivity index (χ0n) is 27.2. The van der Waals surface area contributed by atoms with Crippen molar-refractivity contribution in [3.05, 3.63) is 114 Å². The van der Waals surface area contributed by atoms with Crippen molar-refractivity contribution in [1.29, 1.82) is 0 Å². The number of imidazole rings is 1. The molecule has 0 radical (unpaired) electrons. The summed E-state index contributed by atoms with van der Waals surface area (Å²) in [6.45, 7) is 8.36. The van der Waals surface area contributed by atoms with Crippen molar-refractivity contribution in [2.45, 2.75) is 46.3 Å². The first-order chi connectivity index (χ1) is 21.9. The summed E-state index contributed by atoms with van der Waals surface area (Å²) in [7, 11) is 3.96. The minimum atomic E-state index is -0.753. The fourth-order valence-electron chi connectivity index (χ4n) is 4.73. The molecule has 0 saturated carbocycles. The van der Waals surface area contributed by atoms with Gasteiger partial charge in [-0.15, -0.1) is 0 Å². The van der Waals surface area contributed by atoms with Gasteiger partial charge in [-0.1, -0.05) is 45.0 Å². The first-order valence-electron chi connectivity index (χ1n) is 15.4. The molecule has 46 heavy (non-hydrogen) atoms. The van der Waals surface area contributed by atoms with Crippen LogP contribution in [-0.4, -0.2) is 65.5 Å². The van der Waals surface area contributed by atoms with Gasteiger partial charge in [0.05, 0.1) is 6.33 Å². The average Bonchev–Trinajstić information content (AvgIpc) is 3.53. The van der Waals surface area contributed by atoms with Gasteiger partial charge in [-0.2, -0.15) is 0 Å². The van der Waals surface area contributed by atoms with Crippen LogP contribution in [0.5, 0.6) is 5.75 Å². The van der Waals surface area contributed by atoms with Crippen LogP contribution in [0.25, 0.3) is 0 Å². The Kier molecular flexibility index (Phi) is 11.7. The Morgan fingerprint density at radius 2 is 1.65 bits per heavy atom. The molecule has 3 amide bonds. The Balaban J connectivity index is 1.34. The van der Waals surface area contributed by atoms with Crippen molar-refractivity contribution in [2.75, 3.05) is 32.6 Å². The Labute approximate surface area is 271 Å². The molecule has 1 heterocycles. The number of hydrogen-bond donors (Lipinski definition) is 3. The van der Waals surface area contributed by atoms with Crippen molar-refractivity contribution < 1.29 is 19.1 Å². The second-order valence-electron chi connectivity index (χ2n) is 12.8. The van der Waals surface area contributed by atoms with E-state index in [1.807, 2.05) is 80.9 Å². The highest BCUT2D eigenvalue weighted by atomic mass is 16.5. The van der Waals surface area contributed by atoms with Crippen LogP contribution < -0.4 is 20.7 Å². The van der Waals surface area contributed by atoms with E-state index >= 15 is 0 Å². The quantitative estimate of drug-likeness (QED) is 0.182. The Morgan fingerprint density at radius 1 is 0.913 bits per heavy atom. The van der Waals surface area contributed by atoms with Crippen molar-refractivity contribution >= 4 is 23.4 Å². The number of aromatic nitrogens is 2. The number of carbonyl (C=O) groups excluding carboxylic acids is 3. The van der Waals surface area contributed by atoms with Gasteiger partial charge < -0.3 is 30.2 Å². The van der Waals surface area contributed by atoms with Crippen LogP contribution in [0.15, 0.2) is 91.5 Å². The summed E-state index contributed by atoms with van der Waals surface area (Å²) < 4.78 is 7.66. The van der Waals surface area contributed by atoms with Crippen LogP contribution >= 0.6 is 0 Å². The van der Waals surface area contributed by atoms with Crippen LogP contribution in [0.4, 0.5) is 5.69 Å². The zero-order valence-corrected chi connectivity index (χ0v) is 27.2. The third kappa shape index (κ3) is 10.9. The molecule has 0 aliphatic heterocycles. The molecule has 10 nitrogen and oxygen atoms in total. The molecule has 4 aromatic rings. The van der Waals surface area contributed by atoms with Gasteiger partial charge in [0.2, 0.25) is 5.91 Å². The molecule has 0 spiro atoms. The van der Waals surface area contributed by atoms with E-state index in [4.69, 9.17) is 4.74 Å². The first-order valence-corrected chi connectivity index (χ1v) is 15.4. The van der Waals surface area contributed by atoms with Gasteiger partial charge in [0.15, 0.2) is 0 Å². The molecule has 0 fully saturated rings. The van der Waals surface area contributed by atoms with Gasteiger partial charge in [0.1, 0.15) is 18.4 Å². The Hall–Kier alpha value is -4.96. The molecule has 0 unspecified atom stereocenters. The Morgan fingerprint density at radius 3 is 2.30 bits per heavy atom. The molecule has 1 aromatic heterocycles. The maximum absolute atomic E-state index is 13.4. The van der Waals surface area contributed by atoms with Gasteiger partial charge in [-0.25, -0.2) is 4.98 Å². The smallest absolute Gasteiger partial charge is 0.251 e. The second-order valence-corrected chi connectivity index (χ2v) is 12.8. The van der Waals surface area contributed by atoms with Crippen molar-refractivity contribution in [3.63, 3.8) is 0 Å². The molecular formula is C36H44N6O4. The van der Waals surface area contributed by atoms with Crippen LogP contribution in [0.1, 0.15) is 59.0 Å². The van der Waals surface area contributed by atoms with Crippen LogP contribution in [0, 0.1) is 5.41 Å². The van der Waals surface area contributed by atoms with Crippen LogP contribution in [0.2, 0.25) is 0 Å². The number of amides is 3. The molecule has 242 valence electrons. The first kappa shape index (κ1) is 33.9. The number of ether oxygens (including phenoxy) is 1. The fourth-order valence-corrected chi connectivity index (χ4v) is 4.73. The highest BCUT2D eigenvalue weighted by Crippen LogP contribution is 2.22.